The van der Waals surface area contributed by atoms with Crippen LogP contribution in [-0.2, 0) is 14.3 Å². The average molecular weight is 468 g/mol. The van der Waals surface area contributed by atoms with Gasteiger partial charge in [-0.15, -0.1) is 0 Å². The Kier molecular flexibility index (Phi) is 15.7. The monoisotopic (exact) mass is 467 g/mol. The summed E-state index contributed by atoms with van der Waals surface area (Å²) in [6.45, 7) is 4.40. The number of hydrogen-bond donors (Lipinski definition) is 2. The number of carbonyl (C=O) groups is 2. The molecule has 7 nitrogen and oxygen atoms in total. The van der Waals surface area contributed by atoms with Gasteiger partial charge < -0.3 is 14.9 Å². The molecule has 2 N–H and O–H groups in total. The maximum absolute atomic E-state index is 11.5. The Balaban J connectivity index is 2.25. The van der Waals surface area contributed by atoms with Crippen LogP contribution in [0.3, 0.4) is 0 Å². The summed E-state index contributed by atoms with van der Waals surface area (Å²) in [5.74, 6) is -1.34. The van der Waals surface area contributed by atoms with Crippen LogP contribution in [0.25, 0.3) is 0 Å². The third-order valence-corrected chi connectivity index (χ3v) is 6.53. The van der Waals surface area contributed by atoms with Gasteiger partial charge in [0, 0.05) is 13.0 Å². The second-order valence-corrected chi connectivity index (χ2v) is 9.29. The smallest absolute Gasteiger partial charge is 0.359 e. The van der Waals surface area contributed by atoms with Crippen LogP contribution in [0.1, 0.15) is 104 Å². The van der Waals surface area contributed by atoms with E-state index in [4.69, 9.17) is 9.84 Å². The van der Waals surface area contributed by atoms with Gasteiger partial charge in [-0.2, -0.15) is 0 Å². The first kappa shape index (κ1) is 29.3. The summed E-state index contributed by atoms with van der Waals surface area (Å²) >= 11 is 0. The number of carboxylic acids is 2. The summed E-state index contributed by atoms with van der Waals surface area (Å²) < 4.78 is 5.48. The van der Waals surface area contributed by atoms with Gasteiger partial charge in [0.15, 0.2) is 19.4 Å². The van der Waals surface area contributed by atoms with Crippen LogP contribution < -0.4 is 0 Å². The van der Waals surface area contributed by atoms with Crippen molar-refractivity contribution < 1.29 is 29.0 Å². The minimum absolute atomic E-state index is 0.0394. The molecule has 1 aliphatic rings. The minimum atomic E-state index is -1.06. The molecular formula is C26H47N2O5+. The predicted molar refractivity (Wildman–Crippen MR) is 132 cm³/mol. The fraction of sp³-hybridized carbons (Fsp3) is 0.808. The molecule has 190 valence electrons. The van der Waals surface area contributed by atoms with Crippen molar-refractivity contribution in [2.75, 3.05) is 26.2 Å². The Morgan fingerprint density at radius 3 is 2.00 bits per heavy atom. The van der Waals surface area contributed by atoms with E-state index in [1.807, 2.05) is 6.08 Å². The van der Waals surface area contributed by atoms with Crippen molar-refractivity contribution in [2.45, 2.75) is 110 Å². The van der Waals surface area contributed by atoms with Gasteiger partial charge >= 0.3 is 11.9 Å². The van der Waals surface area contributed by atoms with Gasteiger partial charge in [-0.05, 0) is 12.8 Å². The molecule has 1 rings (SSSR count). The molecule has 0 spiro atoms. The SMILES string of the molecule is CCCCCCCCCCCCCCCC=CC1=NCC[N+]1(CC(=O)O)C(C)OCC(=O)O. The van der Waals surface area contributed by atoms with Gasteiger partial charge in [0.25, 0.3) is 0 Å². The third kappa shape index (κ3) is 12.3. The normalized spacial score (nSPS) is 19.2. The maximum atomic E-state index is 11.5. The number of rotatable bonds is 21. The van der Waals surface area contributed by atoms with Crippen molar-refractivity contribution in [3.8, 4) is 0 Å². The zero-order valence-corrected chi connectivity index (χ0v) is 21.0. The second-order valence-electron chi connectivity index (χ2n) is 9.29. The average Bonchev–Trinajstić information content (AvgIpc) is 3.17. The highest BCUT2D eigenvalue weighted by Gasteiger charge is 2.44. The van der Waals surface area contributed by atoms with Crippen molar-refractivity contribution in [3.05, 3.63) is 12.2 Å². The highest BCUT2D eigenvalue weighted by Crippen LogP contribution is 2.23. The molecule has 0 bridgehead atoms. The first-order chi connectivity index (χ1) is 15.9. The third-order valence-electron chi connectivity index (χ3n) is 6.53. The van der Waals surface area contributed by atoms with Gasteiger partial charge in [0.05, 0.1) is 6.54 Å². The number of quaternary nitrogens is 1. The van der Waals surface area contributed by atoms with Gasteiger partial charge in [-0.3, -0.25) is 0 Å². The molecule has 0 saturated heterocycles. The van der Waals surface area contributed by atoms with Crippen LogP contribution in [0.4, 0.5) is 0 Å². The van der Waals surface area contributed by atoms with Crippen molar-refractivity contribution >= 4 is 17.8 Å². The zero-order valence-electron chi connectivity index (χ0n) is 21.0. The second kappa shape index (κ2) is 17.7. The molecule has 0 aliphatic carbocycles. The number of unbranched alkanes of at least 4 members (excludes halogenated alkanes) is 13. The fourth-order valence-electron chi connectivity index (χ4n) is 4.50. The summed E-state index contributed by atoms with van der Waals surface area (Å²) in [5.41, 5.74) is 0. The van der Waals surface area contributed by atoms with E-state index in [2.05, 4.69) is 18.0 Å². The van der Waals surface area contributed by atoms with E-state index < -0.39 is 24.8 Å². The van der Waals surface area contributed by atoms with E-state index in [-0.39, 0.29) is 11.0 Å². The highest BCUT2D eigenvalue weighted by molar-refractivity contribution is 5.89. The van der Waals surface area contributed by atoms with Crippen molar-refractivity contribution in [1.29, 1.82) is 0 Å². The lowest BCUT2D eigenvalue weighted by Gasteiger charge is -2.37. The summed E-state index contributed by atoms with van der Waals surface area (Å²) in [6.07, 6.45) is 21.6. The molecule has 0 amide bonds. The summed E-state index contributed by atoms with van der Waals surface area (Å²) in [4.78, 5) is 26.9. The minimum Gasteiger partial charge on any atom is -0.480 e. The molecule has 0 aromatic rings. The number of hydrogen-bond acceptors (Lipinski definition) is 4. The van der Waals surface area contributed by atoms with E-state index in [1.54, 1.807) is 6.92 Å². The van der Waals surface area contributed by atoms with Crippen LogP contribution in [0.5, 0.6) is 0 Å². The number of carboxylic acid groups (broad SMARTS) is 2. The maximum Gasteiger partial charge on any atom is 0.359 e. The van der Waals surface area contributed by atoms with Crippen molar-refractivity contribution in [1.82, 2.24) is 0 Å². The molecule has 0 radical (unpaired) electrons. The van der Waals surface area contributed by atoms with E-state index in [0.29, 0.717) is 18.9 Å². The molecule has 1 aliphatic heterocycles. The molecule has 0 aromatic heterocycles. The van der Waals surface area contributed by atoms with Gasteiger partial charge in [-0.25, -0.2) is 19.1 Å². The number of amidine groups is 1. The molecule has 7 heteroatoms. The molecule has 0 fully saturated rings. The van der Waals surface area contributed by atoms with E-state index in [9.17, 15) is 14.7 Å². The zero-order chi connectivity index (χ0) is 24.4. The van der Waals surface area contributed by atoms with Gasteiger partial charge in [0.2, 0.25) is 5.84 Å². The molecule has 0 aromatic carbocycles. The summed E-state index contributed by atoms with van der Waals surface area (Å²) in [6, 6.07) is 0. The Morgan fingerprint density at radius 2 is 1.48 bits per heavy atom. The Hall–Kier alpha value is -1.73. The highest BCUT2D eigenvalue weighted by atomic mass is 16.5. The molecule has 33 heavy (non-hydrogen) atoms. The van der Waals surface area contributed by atoms with Crippen LogP contribution >= 0.6 is 0 Å². The molecule has 2 unspecified atom stereocenters. The van der Waals surface area contributed by atoms with Gasteiger partial charge in [0.1, 0.15) is 6.54 Å². The van der Waals surface area contributed by atoms with E-state index in [1.165, 1.54) is 77.0 Å². The Labute approximate surface area is 200 Å². The Bertz CT molecular complexity index is 620. The topological polar surface area (TPSA) is 96.2 Å². The molecular weight excluding hydrogens is 420 g/mol. The lowest BCUT2D eigenvalue weighted by molar-refractivity contribution is -0.876. The van der Waals surface area contributed by atoms with E-state index in [0.717, 1.165) is 12.8 Å². The molecule has 0 saturated carbocycles. The van der Waals surface area contributed by atoms with Crippen molar-refractivity contribution in [3.63, 3.8) is 0 Å². The number of aliphatic carboxylic acids is 2. The van der Waals surface area contributed by atoms with Crippen LogP contribution in [0, 0.1) is 0 Å². The van der Waals surface area contributed by atoms with Crippen LogP contribution in [0.2, 0.25) is 0 Å². The quantitative estimate of drug-likeness (QED) is 0.165. The first-order valence-electron chi connectivity index (χ1n) is 13.1. The number of ether oxygens (including phenoxy) is 1. The molecule has 1 heterocycles. The predicted octanol–water partition coefficient (Wildman–Crippen LogP) is 5.78. The Morgan fingerprint density at radius 1 is 0.939 bits per heavy atom. The van der Waals surface area contributed by atoms with Crippen LogP contribution in [-0.4, -0.2) is 64.9 Å². The fourth-order valence-corrected chi connectivity index (χ4v) is 4.50. The van der Waals surface area contributed by atoms with E-state index >= 15 is 0 Å². The van der Waals surface area contributed by atoms with Gasteiger partial charge in [-0.1, -0.05) is 90.0 Å². The first-order valence-corrected chi connectivity index (χ1v) is 13.1. The number of aliphatic imine (C=N–C) groups is 1. The summed E-state index contributed by atoms with van der Waals surface area (Å²) in [5, 5.41) is 18.3. The summed E-state index contributed by atoms with van der Waals surface area (Å²) in [7, 11) is 0. The van der Waals surface area contributed by atoms with Crippen LogP contribution in [0.15, 0.2) is 17.1 Å². The lowest BCUT2D eigenvalue weighted by Crippen LogP contribution is -2.59. The standard InChI is InChI=1S/C26H46N2O5/c1-3-4-5-6-7-8-9-10-11-12-13-14-15-16-17-18-24-27-19-20-28(24,21-25(29)30)23(2)33-22-26(31)32/h17-18,23H,3-16,19-22H2,1-2H3,(H-,29,30,31,32)/p+1. The lowest BCUT2D eigenvalue weighted by atomic mass is 10.0. The largest absolute Gasteiger partial charge is 0.480 e. The van der Waals surface area contributed by atoms with Crippen molar-refractivity contribution in [2.24, 2.45) is 4.99 Å². The number of nitrogens with zero attached hydrogens (tertiary/aromatic N) is 2. The molecule has 2 atom stereocenters. The number of allylic oxidation sites excluding steroid dienone is 1.